The van der Waals surface area contributed by atoms with E-state index in [0.29, 0.717) is 12.1 Å². The third kappa shape index (κ3) is 2.55. The van der Waals surface area contributed by atoms with E-state index in [1.165, 1.54) is 16.5 Å². The van der Waals surface area contributed by atoms with Gasteiger partial charge in [-0.2, -0.15) is 0 Å². The van der Waals surface area contributed by atoms with Crippen molar-refractivity contribution in [2.75, 3.05) is 0 Å². The lowest BCUT2D eigenvalue weighted by Gasteiger charge is -2.33. The number of amides is 1. The highest BCUT2D eigenvalue weighted by atomic mass is 16.3. The fraction of sp³-hybridized carbons (Fsp3) is 0.211. The molecule has 3 rings (SSSR count). The summed E-state index contributed by atoms with van der Waals surface area (Å²) >= 11 is 0. The molecular weight excluding hydrogens is 274 g/mol. The smallest absolute Gasteiger partial charge is 0.249 e. The molecule has 2 aromatic rings. The number of aryl methyl sites for hydroxylation is 2. The first-order valence-electron chi connectivity index (χ1n) is 7.35. The third-order valence-electron chi connectivity index (χ3n) is 4.07. The van der Waals surface area contributed by atoms with Crippen LogP contribution in [0, 0.1) is 13.8 Å². The normalized spacial score (nSPS) is 20.7. The van der Waals surface area contributed by atoms with E-state index in [1.54, 1.807) is 6.08 Å². The molecule has 3 nitrogen and oxygen atoms in total. The molecule has 0 saturated carbocycles. The number of carbonyl (C=O) groups excluding carboxylic acids is 1. The van der Waals surface area contributed by atoms with Crippen LogP contribution in [0.25, 0.3) is 0 Å². The molecule has 0 bridgehead atoms. The first-order valence-corrected chi connectivity index (χ1v) is 7.35. The van der Waals surface area contributed by atoms with Gasteiger partial charge < -0.3 is 5.11 Å². The summed E-state index contributed by atoms with van der Waals surface area (Å²) in [5.41, 5.74) is 2.60. The minimum Gasteiger partial charge on any atom is -0.363 e. The van der Waals surface area contributed by atoms with Crippen LogP contribution in [0.15, 0.2) is 60.7 Å². The number of carbonyl (C=O) groups is 1. The van der Waals surface area contributed by atoms with Gasteiger partial charge in [-0.25, -0.2) is 0 Å². The zero-order valence-electron chi connectivity index (χ0n) is 12.8. The summed E-state index contributed by atoms with van der Waals surface area (Å²) in [6.45, 7) is 4.39. The average molecular weight is 293 g/mol. The molecule has 1 aliphatic heterocycles. The van der Waals surface area contributed by atoms with Gasteiger partial charge in [0.05, 0.1) is 0 Å². The van der Waals surface area contributed by atoms with E-state index in [4.69, 9.17) is 0 Å². The van der Waals surface area contributed by atoms with Crippen molar-refractivity contribution in [2.24, 2.45) is 0 Å². The molecule has 0 aromatic heterocycles. The van der Waals surface area contributed by atoms with Gasteiger partial charge in [-0.05, 0) is 25.5 Å². The number of nitrogens with zero attached hydrogens (tertiary/aromatic N) is 1. The van der Waals surface area contributed by atoms with Crippen molar-refractivity contribution < 1.29 is 9.90 Å². The highest BCUT2D eigenvalue weighted by Gasteiger charge is 2.40. The van der Waals surface area contributed by atoms with Crippen molar-refractivity contribution in [3.05, 3.63) is 82.9 Å². The second-order valence-electron chi connectivity index (χ2n) is 5.84. The molecule has 22 heavy (non-hydrogen) atoms. The van der Waals surface area contributed by atoms with Crippen LogP contribution in [0.2, 0.25) is 0 Å². The summed E-state index contributed by atoms with van der Waals surface area (Å²) in [4.78, 5) is 13.7. The molecular formula is C19H19NO2. The number of aliphatic hydroxyl groups is 1. The Morgan fingerprint density at radius 2 is 1.50 bits per heavy atom. The van der Waals surface area contributed by atoms with E-state index in [1.807, 2.05) is 62.4 Å². The van der Waals surface area contributed by atoms with Gasteiger partial charge in [-0.3, -0.25) is 9.69 Å². The van der Waals surface area contributed by atoms with Crippen LogP contribution in [0.4, 0.5) is 0 Å². The average Bonchev–Trinajstić information content (AvgIpc) is 2.79. The molecule has 1 N–H and O–H groups in total. The van der Waals surface area contributed by atoms with Gasteiger partial charge in [-0.15, -0.1) is 0 Å². The molecule has 0 spiro atoms. The maximum Gasteiger partial charge on any atom is 0.249 e. The number of benzene rings is 2. The van der Waals surface area contributed by atoms with E-state index >= 15 is 0 Å². The van der Waals surface area contributed by atoms with Crippen LogP contribution in [0.5, 0.6) is 0 Å². The fourth-order valence-electron chi connectivity index (χ4n) is 2.66. The zero-order valence-corrected chi connectivity index (χ0v) is 12.8. The minimum atomic E-state index is -1.38. The standard InChI is InChI=1S/C19H19NO2/c1-14-3-7-16(8-4-14)13-20-18(21)11-12-19(20,22)17-9-5-15(2)6-10-17/h3-12,22H,13H2,1-2H3/t19-/m1/s1. The molecule has 2 aromatic carbocycles. The van der Waals surface area contributed by atoms with Crippen LogP contribution in [-0.2, 0) is 17.1 Å². The van der Waals surface area contributed by atoms with Gasteiger partial charge in [0, 0.05) is 18.2 Å². The summed E-state index contributed by atoms with van der Waals surface area (Å²) in [5, 5.41) is 11.0. The van der Waals surface area contributed by atoms with E-state index in [0.717, 1.165) is 11.1 Å². The number of rotatable bonds is 3. The first-order chi connectivity index (χ1) is 10.5. The summed E-state index contributed by atoms with van der Waals surface area (Å²) < 4.78 is 0. The molecule has 0 unspecified atom stereocenters. The second kappa shape index (κ2) is 5.43. The van der Waals surface area contributed by atoms with Crippen LogP contribution in [0.3, 0.4) is 0 Å². The molecule has 0 aliphatic carbocycles. The molecule has 1 heterocycles. The molecule has 1 atom stereocenters. The SMILES string of the molecule is Cc1ccc(CN2C(=O)C=C[C@@]2(O)c2ccc(C)cc2)cc1. The predicted octanol–water partition coefficient (Wildman–Crippen LogP) is 3.05. The minimum absolute atomic E-state index is 0.177. The maximum absolute atomic E-state index is 12.2. The third-order valence-corrected chi connectivity index (χ3v) is 4.07. The number of hydrogen-bond donors (Lipinski definition) is 1. The molecule has 1 amide bonds. The second-order valence-corrected chi connectivity index (χ2v) is 5.84. The van der Waals surface area contributed by atoms with E-state index < -0.39 is 5.72 Å². The van der Waals surface area contributed by atoms with Crippen LogP contribution in [-0.4, -0.2) is 15.9 Å². The van der Waals surface area contributed by atoms with Gasteiger partial charge in [0.15, 0.2) is 5.72 Å². The van der Waals surface area contributed by atoms with Crippen molar-refractivity contribution in [3.63, 3.8) is 0 Å². The van der Waals surface area contributed by atoms with E-state index in [-0.39, 0.29) is 5.91 Å². The van der Waals surface area contributed by atoms with Gasteiger partial charge in [0.2, 0.25) is 5.91 Å². The lowest BCUT2D eigenvalue weighted by atomic mass is 10.0. The van der Waals surface area contributed by atoms with Crippen LogP contribution in [0.1, 0.15) is 22.3 Å². The molecule has 3 heteroatoms. The van der Waals surface area contributed by atoms with Crippen molar-refractivity contribution in [3.8, 4) is 0 Å². The van der Waals surface area contributed by atoms with Crippen molar-refractivity contribution in [1.29, 1.82) is 0 Å². The fourth-order valence-corrected chi connectivity index (χ4v) is 2.66. The van der Waals surface area contributed by atoms with Gasteiger partial charge in [-0.1, -0.05) is 59.7 Å². The van der Waals surface area contributed by atoms with Crippen molar-refractivity contribution in [2.45, 2.75) is 26.1 Å². The van der Waals surface area contributed by atoms with Gasteiger partial charge >= 0.3 is 0 Å². The van der Waals surface area contributed by atoms with Crippen LogP contribution < -0.4 is 0 Å². The number of hydrogen-bond acceptors (Lipinski definition) is 2. The first kappa shape index (κ1) is 14.5. The Hall–Kier alpha value is -2.39. The van der Waals surface area contributed by atoms with Gasteiger partial charge in [0.25, 0.3) is 0 Å². The molecule has 0 saturated heterocycles. The Kier molecular flexibility index (Phi) is 3.59. The highest BCUT2D eigenvalue weighted by molar-refractivity contribution is 5.91. The highest BCUT2D eigenvalue weighted by Crippen LogP contribution is 2.33. The zero-order chi connectivity index (χ0) is 15.7. The Labute approximate surface area is 130 Å². The summed E-state index contributed by atoms with van der Waals surface area (Å²) in [5.74, 6) is -0.177. The predicted molar refractivity (Wildman–Crippen MR) is 85.9 cm³/mol. The molecule has 0 radical (unpaired) electrons. The van der Waals surface area contributed by atoms with Crippen molar-refractivity contribution >= 4 is 5.91 Å². The Morgan fingerprint density at radius 3 is 2.09 bits per heavy atom. The largest absolute Gasteiger partial charge is 0.363 e. The Morgan fingerprint density at radius 1 is 0.955 bits per heavy atom. The Bertz CT molecular complexity index is 716. The summed E-state index contributed by atoms with van der Waals surface area (Å²) in [6.07, 6.45) is 3.00. The monoisotopic (exact) mass is 293 g/mol. The quantitative estimate of drug-likeness (QED) is 0.945. The molecule has 112 valence electrons. The Balaban J connectivity index is 1.92. The van der Waals surface area contributed by atoms with Crippen LogP contribution >= 0.6 is 0 Å². The lowest BCUT2D eigenvalue weighted by molar-refractivity contribution is -0.144. The lowest BCUT2D eigenvalue weighted by Crippen LogP contribution is -2.43. The van der Waals surface area contributed by atoms with E-state index in [9.17, 15) is 9.90 Å². The maximum atomic E-state index is 12.2. The molecule has 1 aliphatic rings. The van der Waals surface area contributed by atoms with Crippen molar-refractivity contribution in [1.82, 2.24) is 4.90 Å². The van der Waals surface area contributed by atoms with E-state index in [2.05, 4.69) is 0 Å². The molecule has 0 fully saturated rings. The topological polar surface area (TPSA) is 40.5 Å². The van der Waals surface area contributed by atoms with Gasteiger partial charge in [0.1, 0.15) is 0 Å². The summed E-state index contributed by atoms with van der Waals surface area (Å²) in [7, 11) is 0. The summed E-state index contributed by atoms with van der Waals surface area (Å²) in [6, 6.07) is 15.6.